The zero-order valence-corrected chi connectivity index (χ0v) is 16.7. The molecule has 1 aliphatic rings. The Morgan fingerprint density at radius 2 is 1.79 bits per heavy atom. The Hall–Kier alpha value is -3.28. The molecule has 0 radical (unpaired) electrons. The smallest absolute Gasteiger partial charge is 0.337 e. The molecule has 0 bridgehead atoms. The molecule has 2 aromatic rings. The van der Waals surface area contributed by atoms with Crippen LogP contribution < -0.4 is 15.4 Å². The highest BCUT2D eigenvalue weighted by Gasteiger charge is 2.34. The Morgan fingerprint density at radius 1 is 1.07 bits per heavy atom. The van der Waals surface area contributed by atoms with Crippen LogP contribution in [-0.4, -0.2) is 19.1 Å². The number of esters is 1. The minimum Gasteiger partial charge on any atom is -0.489 e. The lowest BCUT2D eigenvalue weighted by Gasteiger charge is -2.30. The maximum Gasteiger partial charge on any atom is 0.337 e. The van der Waals surface area contributed by atoms with Crippen LogP contribution in [0.15, 0.2) is 65.9 Å². The van der Waals surface area contributed by atoms with Gasteiger partial charge < -0.3 is 20.1 Å². The molecule has 6 nitrogen and oxygen atoms in total. The third-order valence-electron chi connectivity index (χ3n) is 4.81. The molecule has 0 saturated carbocycles. The molecule has 1 aliphatic heterocycles. The Bertz CT molecular complexity index is 893. The Labute approximate surface area is 170 Å². The maximum absolute atomic E-state index is 12.6. The van der Waals surface area contributed by atoms with E-state index in [2.05, 4.69) is 17.6 Å². The van der Waals surface area contributed by atoms with Gasteiger partial charge >= 0.3 is 12.0 Å². The van der Waals surface area contributed by atoms with Crippen molar-refractivity contribution in [1.82, 2.24) is 10.6 Å². The van der Waals surface area contributed by atoms with E-state index >= 15 is 0 Å². The molecule has 6 heteroatoms. The lowest BCUT2D eigenvalue weighted by Crippen LogP contribution is -2.46. The topological polar surface area (TPSA) is 76.7 Å². The van der Waals surface area contributed by atoms with Crippen LogP contribution in [0.5, 0.6) is 5.75 Å². The van der Waals surface area contributed by atoms with E-state index in [1.807, 2.05) is 54.6 Å². The zero-order chi connectivity index (χ0) is 20.6. The number of hydrogen-bond donors (Lipinski definition) is 2. The summed E-state index contributed by atoms with van der Waals surface area (Å²) in [5.74, 6) is 0.145. The molecule has 0 spiro atoms. The van der Waals surface area contributed by atoms with Crippen molar-refractivity contribution in [2.24, 2.45) is 0 Å². The second-order valence-corrected chi connectivity index (χ2v) is 6.83. The van der Waals surface area contributed by atoms with Gasteiger partial charge in [0, 0.05) is 11.3 Å². The molecule has 0 fully saturated rings. The predicted molar refractivity (Wildman–Crippen MR) is 110 cm³/mol. The molecule has 0 saturated heterocycles. The summed E-state index contributed by atoms with van der Waals surface area (Å²) in [6.07, 6.45) is 2.40. The minimum absolute atomic E-state index is 0.341. The Balaban J connectivity index is 1.96. The van der Waals surface area contributed by atoms with Gasteiger partial charge in [0.1, 0.15) is 12.4 Å². The van der Waals surface area contributed by atoms with Gasteiger partial charge in [-0.2, -0.15) is 0 Å². The summed E-state index contributed by atoms with van der Waals surface area (Å²) in [5, 5.41) is 5.64. The zero-order valence-electron chi connectivity index (χ0n) is 16.7. The van der Waals surface area contributed by atoms with Crippen LogP contribution in [0.25, 0.3) is 0 Å². The van der Waals surface area contributed by atoms with E-state index in [4.69, 9.17) is 9.47 Å². The summed E-state index contributed by atoms with van der Waals surface area (Å²) in [5.41, 5.74) is 2.76. The van der Waals surface area contributed by atoms with E-state index in [0.29, 0.717) is 35.6 Å². The number of unbranched alkanes of at least 4 members (excludes halogenated alkanes) is 1. The molecule has 152 valence electrons. The van der Waals surface area contributed by atoms with Crippen LogP contribution in [-0.2, 0) is 16.1 Å². The van der Waals surface area contributed by atoms with Gasteiger partial charge in [-0.05, 0) is 24.5 Å². The van der Waals surface area contributed by atoms with Gasteiger partial charge in [-0.3, -0.25) is 0 Å². The molecule has 2 amide bonds. The number of ether oxygens (including phenoxy) is 2. The molecule has 0 aromatic heterocycles. The lowest BCUT2D eigenvalue weighted by molar-refractivity contribution is -0.136. The van der Waals surface area contributed by atoms with Crippen molar-refractivity contribution in [3.8, 4) is 5.75 Å². The maximum atomic E-state index is 12.6. The standard InChI is InChI=1S/C23H26N2O4/c1-3-4-13-18-20(22(26)28-2)21(25-23(27)24-18)17-12-8-9-14-19(17)29-15-16-10-6-5-7-11-16/h5-12,14,21H,3-4,13,15H2,1-2H3,(H2,24,25,27). The molecule has 1 unspecified atom stereocenters. The minimum atomic E-state index is -0.643. The van der Waals surface area contributed by atoms with Crippen LogP contribution >= 0.6 is 0 Å². The third kappa shape index (κ3) is 4.96. The van der Waals surface area contributed by atoms with Crippen molar-refractivity contribution in [1.29, 1.82) is 0 Å². The van der Waals surface area contributed by atoms with Crippen LogP contribution in [0.4, 0.5) is 4.79 Å². The van der Waals surface area contributed by atoms with Gasteiger partial charge in [0.2, 0.25) is 0 Å². The Morgan fingerprint density at radius 3 is 2.52 bits per heavy atom. The largest absolute Gasteiger partial charge is 0.489 e. The van der Waals surface area contributed by atoms with Crippen molar-refractivity contribution < 1.29 is 19.1 Å². The molecule has 29 heavy (non-hydrogen) atoms. The molecular weight excluding hydrogens is 368 g/mol. The second kappa shape index (κ2) is 9.78. The third-order valence-corrected chi connectivity index (χ3v) is 4.81. The molecule has 1 atom stereocenters. The molecular formula is C23H26N2O4. The van der Waals surface area contributed by atoms with E-state index in [9.17, 15) is 9.59 Å². The van der Waals surface area contributed by atoms with Crippen molar-refractivity contribution in [3.05, 3.63) is 77.0 Å². The first kappa shape index (κ1) is 20.5. The summed E-state index contributed by atoms with van der Waals surface area (Å²) in [6.45, 7) is 2.45. The number of para-hydroxylation sites is 1. The van der Waals surface area contributed by atoms with Gasteiger partial charge in [0.05, 0.1) is 18.7 Å². The van der Waals surface area contributed by atoms with Crippen molar-refractivity contribution in [2.75, 3.05) is 7.11 Å². The fourth-order valence-electron chi connectivity index (χ4n) is 3.34. The number of amides is 2. The van der Waals surface area contributed by atoms with Crippen LogP contribution in [0.3, 0.4) is 0 Å². The number of carbonyl (C=O) groups excluding carboxylic acids is 2. The molecule has 2 aromatic carbocycles. The van der Waals surface area contributed by atoms with E-state index in [1.165, 1.54) is 7.11 Å². The summed E-state index contributed by atoms with van der Waals surface area (Å²) in [7, 11) is 1.35. The quantitative estimate of drug-likeness (QED) is 0.657. The number of nitrogens with one attached hydrogen (secondary N) is 2. The highest BCUT2D eigenvalue weighted by Crippen LogP contribution is 2.35. The predicted octanol–water partition coefficient (Wildman–Crippen LogP) is 4.24. The van der Waals surface area contributed by atoms with Gasteiger partial charge in [-0.1, -0.05) is 61.9 Å². The van der Waals surface area contributed by atoms with Gasteiger partial charge in [-0.15, -0.1) is 0 Å². The fourth-order valence-corrected chi connectivity index (χ4v) is 3.34. The van der Waals surface area contributed by atoms with Crippen LogP contribution in [0.1, 0.15) is 43.4 Å². The van der Waals surface area contributed by atoms with Gasteiger partial charge in [0.15, 0.2) is 0 Å². The van der Waals surface area contributed by atoms with Crippen molar-refractivity contribution >= 4 is 12.0 Å². The number of methoxy groups -OCH3 is 1. The number of urea groups is 1. The highest BCUT2D eigenvalue weighted by molar-refractivity contribution is 5.95. The van der Waals surface area contributed by atoms with Gasteiger partial charge in [0.25, 0.3) is 0 Å². The Kier molecular flexibility index (Phi) is 6.89. The first-order valence-corrected chi connectivity index (χ1v) is 9.78. The van der Waals surface area contributed by atoms with E-state index in [1.54, 1.807) is 0 Å². The molecule has 1 heterocycles. The van der Waals surface area contributed by atoms with Crippen molar-refractivity contribution in [2.45, 2.75) is 38.8 Å². The summed E-state index contributed by atoms with van der Waals surface area (Å²) >= 11 is 0. The van der Waals surface area contributed by atoms with Gasteiger partial charge in [-0.25, -0.2) is 9.59 Å². The lowest BCUT2D eigenvalue weighted by atomic mass is 9.93. The van der Waals surface area contributed by atoms with E-state index in [0.717, 1.165) is 18.4 Å². The normalized spacial score (nSPS) is 16.1. The number of carbonyl (C=O) groups is 2. The first-order chi connectivity index (χ1) is 14.1. The highest BCUT2D eigenvalue weighted by atomic mass is 16.5. The number of hydrogen-bond acceptors (Lipinski definition) is 4. The summed E-state index contributed by atoms with van der Waals surface area (Å²) in [6, 6.07) is 16.3. The van der Waals surface area contributed by atoms with E-state index in [-0.39, 0.29) is 6.03 Å². The van der Waals surface area contributed by atoms with E-state index < -0.39 is 12.0 Å². The molecule has 0 aliphatic carbocycles. The fraction of sp³-hybridized carbons (Fsp3) is 0.304. The summed E-state index contributed by atoms with van der Waals surface area (Å²) in [4.78, 5) is 24.9. The number of rotatable bonds is 8. The second-order valence-electron chi connectivity index (χ2n) is 6.83. The number of benzene rings is 2. The van der Waals surface area contributed by atoms with Crippen molar-refractivity contribution in [3.63, 3.8) is 0 Å². The first-order valence-electron chi connectivity index (χ1n) is 9.78. The molecule has 3 rings (SSSR count). The number of allylic oxidation sites excluding steroid dienone is 1. The SMILES string of the molecule is CCCCC1=C(C(=O)OC)C(c2ccccc2OCc2ccccc2)NC(=O)N1. The van der Waals surface area contributed by atoms with Crippen LogP contribution in [0.2, 0.25) is 0 Å². The molecule has 2 N–H and O–H groups in total. The average molecular weight is 394 g/mol. The van der Waals surface area contributed by atoms with Crippen LogP contribution in [0, 0.1) is 0 Å². The average Bonchev–Trinajstić information content (AvgIpc) is 2.76. The summed E-state index contributed by atoms with van der Waals surface area (Å²) < 4.78 is 11.1. The monoisotopic (exact) mass is 394 g/mol.